The third-order valence-corrected chi connectivity index (χ3v) is 7.23. The van der Waals surface area contributed by atoms with Gasteiger partial charge in [-0.05, 0) is 37.6 Å². The first-order valence-electron chi connectivity index (χ1n) is 11.9. The van der Waals surface area contributed by atoms with Crippen LogP contribution in [0, 0.1) is 0 Å². The number of thioether (sulfide) groups is 1. The largest absolute Gasteiger partial charge is 0.353 e. The lowest BCUT2D eigenvalue weighted by Crippen LogP contribution is -2.55. The summed E-state index contributed by atoms with van der Waals surface area (Å²) >= 11 is 13.6. The van der Waals surface area contributed by atoms with Crippen molar-refractivity contribution in [3.8, 4) is 0 Å². The molecule has 4 rings (SSSR count). The number of halogens is 2. The highest BCUT2D eigenvalue weighted by molar-refractivity contribution is 7.99. The summed E-state index contributed by atoms with van der Waals surface area (Å²) < 4.78 is 0. The second-order valence-corrected chi connectivity index (χ2v) is 10.5. The zero-order valence-corrected chi connectivity index (χ0v) is 22.9. The van der Waals surface area contributed by atoms with E-state index in [-0.39, 0.29) is 29.8 Å². The number of hydrogen-bond donors (Lipinski definition) is 2. The number of hydrogen-bond acceptors (Lipinski definition) is 6. The van der Waals surface area contributed by atoms with E-state index in [1.54, 1.807) is 35.2 Å². The van der Waals surface area contributed by atoms with E-state index in [1.165, 1.54) is 11.8 Å². The van der Waals surface area contributed by atoms with Crippen LogP contribution in [-0.2, 0) is 4.79 Å². The fourth-order valence-electron chi connectivity index (χ4n) is 4.08. The summed E-state index contributed by atoms with van der Waals surface area (Å²) in [7, 11) is 0. The number of nitrogens with zero attached hydrogens (tertiary/aromatic N) is 4. The fourth-order valence-corrected chi connectivity index (χ4v) is 5.16. The van der Waals surface area contributed by atoms with Gasteiger partial charge in [-0.3, -0.25) is 4.79 Å². The Balaban J connectivity index is 1.33. The summed E-state index contributed by atoms with van der Waals surface area (Å²) in [4.78, 5) is 38.1. The average Bonchev–Trinajstić information content (AvgIpc) is 2.87. The Morgan fingerprint density at radius 2 is 1.86 bits per heavy atom. The van der Waals surface area contributed by atoms with Gasteiger partial charge in [0, 0.05) is 42.5 Å². The van der Waals surface area contributed by atoms with Gasteiger partial charge in [0.2, 0.25) is 5.91 Å². The first-order chi connectivity index (χ1) is 17.8. The molecule has 0 saturated carbocycles. The smallest absolute Gasteiger partial charge is 0.322 e. The molecule has 1 fully saturated rings. The Hall–Kier alpha value is -3.01. The molecule has 2 atom stereocenters. The highest BCUT2D eigenvalue weighted by Crippen LogP contribution is 2.25. The molecule has 3 amide bonds. The van der Waals surface area contributed by atoms with Crippen LogP contribution in [0.15, 0.2) is 65.8 Å². The predicted molar refractivity (Wildman–Crippen MR) is 150 cm³/mol. The third kappa shape index (κ3) is 7.50. The molecule has 1 saturated heterocycles. The maximum absolute atomic E-state index is 12.8. The minimum atomic E-state index is -0.179. The second-order valence-electron chi connectivity index (χ2n) is 8.75. The van der Waals surface area contributed by atoms with E-state index in [2.05, 4.69) is 25.5 Å². The lowest BCUT2D eigenvalue weighted by Gasteiger charge is -2.40. The van der Waals surface area contributed by atoms with E-state index in [1.807, 2.05) is 44.2 Å². The molecule has 2 N–H and O–H groups in total. The number of nitrogens with one attached hydrogen (secondary N) is 2. The van der Waals surface area contributed by atoms with Gasteiger partial charge in [0.15, 0.2) is 5.16 Å². The van der Waals surface area contributed by atoms with E-state index in [4.69, 9.17) is 23.2 Å². The van der Waals surface area contributed by atoms with Gasteiger partial charge in [0.05, 0.1) is 11.8 Å². The molecule has 1 aliphatic heterocycles. The van der Waals surface area contributed by atoms with Gasteiger partial charge in [-0.2, -0.15) is 0 Å². The average molecular weight is 560 g/mol. The summed E-state index contributed by atoms with van der Waals surface area (Å²) in [6, 6.07) is 18.2. The maximum Gasteiger partial charge on any atom is 0.322 e. The van der Waals surface area contributed by atoms with Crippen molar-refractivity contribution < 1.29 is 9.59 Å². The Bertz CT molecular complexity index is 1250. The molecule has 0 unspecified atom stereocenters. The molecule has 3 aromatic rings. The molecule has 37 heavy (non-hydrogen) atoms. The van der Waals surface area contributed by atoms with E-state index in [0.717, 1.165) is 5.56 Å². The summed E-state index contributed by atoms with van der Waals surface area (Å²) in [6.07, 6.45) is 0. The van der Waals surface area contributed by atoms with Crippen molar-refractivity contribution >= 4 is 58.4 Å². The van der Waals surface area contributed by atoms with Crippen LogP contribution in [0.3, 0.4) is 0 Å². The Morgan fingerprint density at radius 3 is 2.59 bits per heavy atom. The van der Waals surface area contributed by atoms with E-state index in [9.17, 15) is 9.59 Å². The second kappa shape index (κ2) is 12.5. The summed E-state index contributed by atoms with van der Waals surface area (Å²) in [5.41, 5.74) is 1.69. The topological polar surface area (TPSA) is 90.5 Å². The quantitative estimate of drug-likeness (QED) is 0.226. The lowest BCUT2D eigenvalue weighted by atomic mass is 10.1. The van der Waals surface area contributed by atoms with Crippen LogP contribution in [0.5, 0.6) is 0 Å². The third-order valence-electron chi connectivity index (χ3n) is 5.96. The molecule has 0 spiro atoms. The molecule has 0 bridgehead atoms. The molecule has 1 aliphatic rings. The van der Waals surface area contributed by atoms with Crippen molar-refractivity contribution in [2.75, 3.05) is 35.6 Å². The molecule has 8 nitrogen and oxygen atoms in total. The van der Waals surface area contributed by atoms with Crippen LogP contribution >= 0.6 is 35.0 Å². The highest BCUT2D eigenvalue weighted by atomic mass is 35.5. The highest BCUT2D eigenvalue weighted by Gasteiger charge is 2.28. The number of rotatable bonds is 7. The van der Waals surface area contributed by atoms with Crippen molar-refractivity contribution in [2.45, 2.75) is 31.1 Å². The normalized spacial score (nSPS) is 16.3. The fraction of sp³-hybridized carbons (Fsp3) is 0.308. The zero-order chi connectivity index (χ0) is 26.4. The van der Waals surface area contributed by atoms with Crippen molar-refractivity contribution in [1.29, 1.82) is 0 Å². The number of aromatic nitrogens is 2. The molecule has 0 radical (unpaired) electrons. The van der Waals surface area contributed by atoms with E-state index >= 15 is 0 Å². The number of piperazine rings is 1. The van der Waals surface area contributed by atoms with Crippen molar-refractivity contribution in [3.63, 3.8) is 0 Å². The molecule has 2 aromatic carbocycles. The number of benzene rings is 2. The summed E-state index contributed by atoms with van der Waals surface area (Å²) in [6.45, 7) is 5.61. The molecule has 11 heteroatoms. The summed E-state index contributed by atoms with van der Waals surface area (Å²) in [5, 5.41) is 7.19. The maximum atomic E-state index is 12.8. The van der Waals surface area contributed by atoms with Crippen LogP contribution in [-0.4, -0.2) is 58.2 Å². The van der Waals surface area contributed by atoms with Gasteiger partial charge >= 0.3 is 6.03 Å². The molecular weight excluding hydrogens is 531 g/mol. The number of anilines is 2. The first-order valence-corrected chi connectivity index (χ1v) is 13.6. The van der Waals surface area contributed by atoms with Gasteiger partial charge in [-0.1, -0.05) is 71.4 Å². The van der Waals surface area contributed by atoms with Crippen LogP contribution in [0.2, 0.25) is 10.2 Å². The Kier molecular flexibility index (Phi) is 9.13. The van der Waals surface area contributed by atoms with E-state index in [0.29, 0.717) is 46.5 Å². The minimum Gasteiger partial charge on any atom is -0.353 e. The number of carbonyl (C=O) groups is 2. The Labute approximate surface area is 230 Å². The van der Waals surface area contributed by atoms with Crippen molar-refractivity contribution in [1.82, 2.24) is 20.2 Å². The van der Waals surface area contributed by atoms with Gasteiger partial charge in [0.25, 0.3) is 0 Å². The van der Waals surface area contributed by atoms with Gasteiger partial charge in [-0.15, -0.1) is 0 Å². The number of carbonyl (C=O) groups excluding carboxylic acids is 2. The zero-order valence-electron chi connectivity index (χ0n) is 20.5. The molecule has 1 aromatic heterocycles. The minimum absolute atomic E-state index is 0.0666. The van der Waals surface area contributed by atoms with Crippen molar-refractivity contribution in [3.05, 3.63) is 76.4 Å². The molecule has 2 heterocycles. The van der Waals surface area contributed by atoms with Gasteiger partial charge in [0.1, 0.15) is 11.0 Å². The van der Waals surface area contributed by atoms with Crippen LogP contribution in [0.1, 0.15) is 25.5 Å². The van der Waals surface area contributed by atoms with Crippen LogP contribution in [0.25, 0.3) is 0 Å². The SMILES string of the molecule is C[C@@H](NC(=O)CSc1nc(Cl)cc(N2CCN(C(=O)Nc3cccc(Cl)c3)[C@@H](C)C2)n1)c1ccccc1. The Morgan fingerprint density at radius 1 is 1.08 bits per heavy atom. The molecular formula is C26H28Cl2N6O2S. The lowest BCUT2D eigenvalue weighted by molar-refractivity contribution is -0.119. The standard InChI is InChI=1S/C26H28Cl2N6O2S/c1-17-15-33(11-12-34(17)26(36)30-21-10-6-9-20(27)13-21)23-14-22(28)31-25(32-23)37-16-24(35)29-18(2)19-7-4-3-5-8-19/h3-10,13-14,17-18H,11-12,15-16H2,1-2H3,(H,29,35)(H,30,36)/t17-,18+/m0/s1. The number of amides is 3. The van der Waals surface area contributed by atoms with Gasteiger partial charge in [-0.25, -0.2) is 14.8 Å². The van der Waals surface area contributed by atoms with Gasteiger partial charge < -0.3 is 20.4 Å². The first kappa shape index (κ1) is 27.0. The van der Waals surface area contributed by atoms with Crippen molar-refractivity contribution in [2.24, 2.45) is 0 Å². The molecule has 0 aliphatic carbocycles. The molecule has 194 valence electrons. The number of urea groups is 1. The van der Waals surface area contributed by atoms with E-state index < -0.39 is 0 Å². The summed E-state index contributed by atoms with van der Waals surface area (Å²) in [5.74, 6) is 0.729. The monoisotopic (exact) mass is 558 g/mol. The van der Waals surface area contributed by atoms with Crippen LogP contribution < -0.4 is 15.5 Å². The predicted octanol–water partition coefficient (Wildman–Crippen LogP) is 5.50. The van der Waals surface area contributed by atoms with Crippen LogP contribution in [0.4, 0.5) is 16.3 Å².